The molecule has 0 amide bonds. The Morgan fingerprint density at radius 3 is 2.35 bits per heavy atom. The minimum atomic E-state index is 0.605. The maximum absolute atomic E-state index is 6.25. The van der Waals surface area contributed by atoms with Crippen molar-refractivity contribution in [3.63, 3.8) is 0 Å². The molecule has 0 bridgehead atoms. The maximum Gasteiger partial charge on any atom is 0.0379 e. The number of nitrogens with two attached hydrogens (primary N) is 1. The van der Waals surface area contributed by atoms with Gasteiger partial charge in [-0.2, -0.15) is 0 Å². The van der Waals surface area contributed by atoms with Gasteiger partial charge in [0.25, 0.3) is 0 Å². The molecule has 2 rings (SSSR count). The summed E-state index contributed by atoms with van der Waals surface area (Å²) in [6.45, 7) is 6.29. The molecule has 0 aromatic heterocycles. The summed E-state index contributed by atoms with van der Waals surface area (Å²) in [5, 5.41) is 0. The van der Waals surface area contributed by atoms with Gasteiger partial charge in [0.05, 0.1) is 0 Å². The first-order valence-corrected chi connectivity index (χ1v) is 6.41. The molecule has 0 aliphatic heterocycles. The monoisotopic (exact) mass is 227 g/mol. The first-order valence-electron chi connectivity index (χ1n) is 6.41. The molecule has 1 aromatic rings. The van der Waals surface area contributed by atoms with Crippen LogP contribution in [0.5, 0.6) is 0 Å². The van der Waals surface area contributed by atoms with Crippen molar-refractivity contribution < 1.29 is 0 Å². The number of benzene rings is 1. The number of hydrogen-bond acceptors (Lipinski definition) is 1. The Morgan fingerprint density at radius 1 is 1.18 bits per heavy atom. The zero-order valence-corrected chi connectivity index (χ0v) is 10.6. The Morgan fingerprint density at radius 2 is 1.76 bits per heavy atom. The van der Waals surface area contributed by atoms with E-state index < -0.39 is 0 Å². The predicted octanol–water partition coefficient (Wildman–Crippen LogP) is 4.12. The second-order valence-corrected chi connectivity index (χ2v) is 4.91. The van der Waals surface area contributed by atoms with Crippen LogP contribution in [0.25, 0.3) is 5.57 Å². The lowest BCUT2D eigenvalue weighted by atomic mass is 9.92. The number of allylic oxidation sites excluding steroid dienone is 2. The van der Waals surface area contributed by atoms with Gasteiger partial charge in [-0.1, -0.05) is 49.8 Å². The summed E-state index contributed by atoms with van der Waals surface area (Å²) in [4.78, 5) is 0. The summed E-state index contributed by atoms with van der Waals surface area (Å²) in [6.07, 6.45) is 5.14. The van der Waals surface area contributed by atoms with Crippen molar-refractivity contribution in [2.24, 2.45) is 11.7 Å². The van der Waals surface area contributed by atoms with E-state index in [0.29, 0.717) is 5.92 Å². The Kier molecular flexibility index (Phi) is 3.68. The molecule has 0 heterocycles. The molecule has 0 saturated heterocycles. The SMILES string of the molecule is C=C(/C(N)=C(\C)c1ccccc1)C1CCCC1. The van der Waals surface area contributed by atoms with Crippen LogP contribution in [0.15, 0.2) is 48.2 Å². The van der Waals surface area contributed by atoms with Crippen LogP contribution in [-0.4, -0.2) is 0 Å². The van der Waals surface area contributed by atoms with Crippen molar-refractivity contribution in [2.45, 2.75) is 32.6 Å². The Labute approximate surface area is 104 Å². The summed E-state index contributed by atoms with van der Waals surface area (Å²) in [6, 6.07) is 10.3. The molecule has 1 nitrogen and oxygen atoms in total. The van der Waals surface area contributed by atoms with Gasteiger partial charge in [0.15, 0.2) is 0 Å². The average molecular weight is 227 g/mol. The highest BCUT2D eigenvalue weighted by molar-refractivity contribution is 5.69. The predicted molar refractivity (Wildman–Crippen MR) is 74.3 cm³/mol. The number of rotatable bonds is 3. The fourth-order valence-electron chi connectivity index (χ4n) is 2.58. The van der Waals surface area contributed by atoms with Crippen LogP contribution in [0, 0.1) is 5.92 Å². The largest absolute Gasteiger partial charge is 0.398 e. The smallest absolute Gasteiger partial charge is 0.0379 e. The van der Waals surface area contributed by atoms with Gasteiger partial charge in [-0.05, 0) is 42.4 Å². The van der Waals surface area contributed by atoms with Gasteiger partial charge < -0.3 is 5.73 Å². The molecule has 1 fully saturated rings. The second kappa shape index (κ2) is 5.22. The van der Waals surface area contributed by atoms with Crippen LogP contribution in [0.2, 0.25) is 0 Å². The lowest BCUT2D eigenvalue weighted by Gasteiger charge is -2.16. The molecule has 1 aliphatic carbocycles. The van der Waals surface area contributed by atoms with Crippen LogP contribution >= 0.6 is 0 Å². The second-order valence-electron chi connectivity index (χ2n) is 4.91. The Hall–Kier alpha value is -1.50. The van der Waals surface area contributed by atoms with E-state index in [2.05, 4.69) is 25.6 Å². The molecular formula is C16H21N. The molecule has 90 valence electrons. The van der Waals surface area contributed by atoms with E-state index in [9.17, 15) is 0 Å². The minimum absolute atomic E-state index is 0.605. The maximum atomic E-state index is 6.25. The first kappa shape index (κ1) is 12.0. The van der Waals surface area contributed by atoms with Crippen LogP contribution in [0.3, 0.4) is 0 Å². The van der Waals surface area contributed by atoms with Gasteiger partial charge in [-0.25, -0.2) is 0 Å². The molecule has 1 saturated carbocycles. The summed E-state index contributed by atoms with van der Waals surface area (Å²) in [5.41, 5.74) is 10.6. The third kappa shape index (κ3) is 2.60. The Balaban J connectivity index is 2.22. The molecule has 1 heteroatoms. The van der Waals surface area contributed by atoms with E-state index >= 15 is 0 Å². The molecule has 1 aromatic carbocycles. The molecule has 0 spiro atoms. The van der Waals surface area contributed by atoms with E-state index in [4.69, 9.17) is 5.73 Å². The average Bonchev–Trinajstić information content (AvgIpc) is 2.91. The zero-order chi connectivity index (χ0) is 12.3. The van der Waals surface area contributed by atoms with E-state index in [1.165, 1.54) is 31.2 Å². The van der Waals surface area contributed by atoms with E-state index in [-0.39, 0.29) is 0 Å². The topological polar surface area (TPSA) is 26.0 Å². The standard InChI is InChI=1S/C16H21N/c1-12(14-8-4-3-5-9-14)16(17)13(2)15-10-6-7-11-15/h3-5,8-9,15H,2,6-7,10-11,17H2,1H3/b16-12-. The van der Waals surface area contributed by atoms with Gasteiger partial charge in [-0.3, -0.25) is 0 Å². The van der Waals surface area contributed by atoms with Crippen LogP contribution in [0.1, 0.15) is 38.2 Å². The summed E-state index contributed by atoms with van der Waals surface area (Å²) in [7, 11) is 0. The highest BCUT2D eigenvalue weighted by Gasteiger charge is 2.20. The summed E-state index contributed by atoms with van der Waals surface area (Å²) >= 11 is 0. The lowest BCUT2D eigenvalue weighted by molar-refractivity contribution is 0.650. The van der Waals surface area contributed by atoms with Crippen LogP contribution < -0.4 is 5.73 Å². The van der Waals surface area contributed by atoms with Crippen LogP contribution in [0.4, 0.5) is 0 Å². The third-order valence-electron chi connectivity index (χ3n) is 3.80. The van der Waals surface area contributed by atoms with Crippen molar-refractivity contribution in [2.75, 3.05) is 0 Å². The summed E-state index contributed by atoms with van der Waals surface area (Å²) < 4.78 is 0. The van der Waals surface area contributed by atoms with Crippen molar-refractivity contribution in [3.05, 3.63) is 53.7 Å². The van der Waals surface area contributed by atoms with Gasteiger partial charge in [0.1, 0.15) is 0 Å². The molecule has 17 heavy (non-hydrogen) atoms. The highest BCUT2D eigenvalue weighted by atomic mass is 14.6. The lowest BCUT2D eigenvalue weighted by Crippen LogP contribution is -2.09. The number of hydrogen-bond donors (Lipinski definition) is 1. The van der Waals surface area contributed by atoms with Crippen molar-refractivity contribution in [3.8, 4) is 0 Å². The van der Waals surface area contributed by atoms with Gasteiger partial charge in [0.2, 0.25) is 0 Å². The first-order chi connectivity index (χ1) is 8.20. The highest BCUT2D eigenvalue weighted by Crippen LogP contribution is 2.34. The molecule has 0 radical (unpaired) electrons. The fourth-order valence-corrected chi connectivity index (χ4v) is 2.58. The zero-order valence-electron chi connectivity index (χ0n) is 10.6. The van der Waals surface area contributed by atoms with Crippen molar-refractivity contribution in [1.82, 2.24) is 0 Å². The van der Waals surface area contributed by atoms with Crippen molar-refractivity contribution in [1.29, 1.82) is 0 Å². The molecule has 0 unspecified atom stereocenters. The van der Waals surface area contributed by atoms with Crippen molar-refractivity contribution >= 4 is 5.57 Å². The molecule has 1 aliphatic rings. The Bertz CT molecular complexity index is 422. The van der Waals surface area contributed by atoms with E-state index in [0.717, 1.165) is 16.8 Å². The van der Waals surface area contributed by atoms with E-state index in [1.807, 2.05) is 18.2 Å². The minimum Gasteiger partial charge on any atom is -0.398 e. The quantitative estimate of drug-likeness (QED) is 0.772. The van der Waals surface area contributed by atoms with Gasteiger partial charge >= 0.3 is 0 Å². The van der Waals surface area contributed by atoms with Gasteiger partial charge in [-0.15, -0.1) is 0 Å². The third-order valence-corrected chi connectivity index (χ3v) is 3.80. The van der Waals surface area contributed by atoms with E-state index in [1.54, 1.807) is 0 Å². The van der Waals surface area contributed by atoms with Crippen LogP contribution in [-0.2, 0) is 0 Å². The normalized spacial score (nSPS) is 17.9. The summed E-state index contributed by atoms with van der Waals surface area (Å²) in [5.74, 6) is 0.605. The molecule has 2 N–H and O–H groups in total. The molecule has 0 atom stereocenters. The fraction of sp³-hybridized carbons (Fsp3) is 0.375. The van der Waals surface area contributed by atoms with Gasteiger partial charge in [0, 0.05) is 5.70 Å². The molecular weight excluding hydrogens is 206 g/mol.